The Bertz CT molecular complexity index is 2460. The Balaban J connectivity index is 0.000000172. The third-order valence-electron chi connectivity index (χ3n) is 11.6. The molecule has 4 aromatic carbocycles. The van der Waals surface area contributed by atoms with Gasteiger partial charge in [0.25, 0.3) is 0 Å². The van der Waals surface area contributed by atoms with Crippen LogP contribution in [0.5, 0.6) is 11.5 Å². The number of benzene rings is 4. The van der Waals surface area contributed by atoms with E-state index >= 15 is 0 Å². The van der Waals surface area contributed by atoms with Crippen molar-refractivity contribution in [3.05, 3.63) is 96.1 Å². The van der Waals surface area contributed by atoms with Crippen LogP contribution >= 0.6 is 0 Å². The molecule has 60 heavy (non-hydrogen) atoms. The lowest BCUT2D eigenvalue weighted by atomic mass is 9.97. The number of phenolic OH excluding ortho intramolecular Hbond substituents is 2. The first-order valence-corrected chi connectivity index (χ1v) is 21.1. The van der Waals surface area contributed by atoms with Crippen LogP contribution in [-0.2, 0) is 9.47 Å². The van der Waals surface area contributed by atoms with Crippen molar-refractivity contribution in [1.29, 1.82) is 0 Å². The van der Waals surface area contributed by atoms with Gasteiger partial charge in [0.1, 0.15) is 29.2 Å². The number of anilines is 2. The predicted molar refractivity (Wildman–Crippen MR) is 235 cm³/mol. The predicted octanol–water partition coefficient (Wildman–Crippen LogP) is 7.53. The average molecular weight is 811 g/mol. The van der Waals surface area contributed by atoms with Crippen LogP contribution in [0, 0.1) is 25.7 Å². The molecular weight excluding hydrogens is 757 g/mol. The van der Waals surface area contributed by atoms with E-state index < -0.39 is 0 Å². The summed E-state index contributed by atoms with van der Waals surface area (Å²) in [6, 6.07) is 26.8. The summed E-state index contributed by atoms with van der Waals surface area (Å²) >= 11 is 0. The van der Waals surface area contributed by atoms with Crippen molar-refractivity contribution in [3.8, 4) is 34.3 Å². The quantitative estimate of drug-likeness (QED) is 0.119. The van der Waals surface area contributed by atoms with Crippen molar-refractivity contribution in [2.24, 2.45) is 17.6 Å². The molecule has 3 aliphatic heterocycles. The molecule has 6 aromatic rings. The van der Waals surface area contributed by atoms with Gasteiger partial charge in [-0.15, -0.1) is 0 Å². The van der Waals surface area contributed by atoms with Crippen molar-refractivity contribution < 1.29 is 24.5 Å². The molecule has 5 heterocycles. The van der Waals surface area contributed by atoms with Gasteiger partial charge in [0, 0.05) is 49.9 Å². The largest absolute Gasteiger partial charge is 0.507 e. The van der Waals surface area contributed by atoms with E-state index in [1.54, 1.807) is 24.3 Å². The standard InChI is InChI=1S/C26H30N4O4.C21H24N4O/c1-17-8-9-20-22(13-17)28-24(21-6-2-3-7-23(21)31)29-25(20)30-11-4-5-18(15-30)14-27-26(32)34-19-10-12-33-16-19;1-14-8-9-16-18(11-14)23-20(17-6-2-3-7-19(17)26)24-21(16)25-10-4-5-15(12-22)13-25/h2-3,6-9,13,18-19,31H,4-5,10-12,14-16H2,1H3,(H,27,32);2-3,6-9,11,15,26H,4-5,10,12-13,22H2,1H3/t18-,19-;15-/m11/s1. The van der Waals surface area contributed by atoms with Crippen molar-refractivity contribution >= 4 is 39.5 Å². The van der Waals surface area contributed by atoms with Gasteiger partial charge in [0.05, 0.1) is 35.4 Å². The highest BCUT2D eigenvalue weighted by molar-refractivity contribution is 5.93. The number of nitrogens with one attached hydrogen (secondary N) is 1. The highest BCUT2D eigenvalue weighted by Gasteiger charge is 2.27. The van der Waals surface area contributed by atoms with Gasteiger partial charge in [0.15, 0.2) is 11.6 Å². The number of nitrogens with zero attached hydrogens (tertiary/aromatic N) is 6. The SMILES string of the molecule is Cc1ccc2c(N3CCC[C@H](CN)C3)nc(-c3ccccc3O)nc2c1.Cc1ccc2c(N3CCC[C@H](CNC(=O)O[C@@H]4CCOC4)C3)nc(-c3ccccc3O)nc2c1. The Labute approximate surface area is 350 Å². The first-order valence-electron chi connectivity index (χ1n) is 21.1. The number of alkyl carbamates (subject to hydrolysis) is 1. The lowest BCUT2D eigenvalue weighted by Crippen LogP contribution is -2.42. The summed E-state index contributed by atoms with van der Waals surface area (Å²) in [4.78, 5) is 36.1. The highest BCUT2D eigenvalue weighted by Crippen LogP contribution is 2.35. The number of aryl methyl sites for hydroxylation is 2. The summed E-state index contributed by atoms with van der Waals surface area (Å²) < 4.78 is 10.7. The van der Waals surface area contributed by atoms with Crippen LogP contribution in [-0.4, -0.2) is 94.8 Å². The first-order chi connectivity index (χ1) is 29.2. The Morgan fingerprint density at radius 2 is 1.28 bits per heavy atom. The van der Waals surface area contributed by atoms with Gasteiger partial charge < -0.3 is 40.5 Å². The van der Waals surface area contributed by atoms with E-state index in [4.69, 9.17) is 35.1 Å². The molecule has 0 bridgehead atoms. The van der Waals surface area contributed by atoms with Crippen LogP contribution in [0.4, 0.5) is 16.4 Å². The lowest BCUT2D eigenvalue weighted by molar-refractivity contribution is 0.0821. The second kappa shape index (κ2) is 18.5. The van der Waals surface area contributed by atoms with Crippen LogP contribution < -0.4 is 20.9 Å². The Morgan fingerprint density at radius 3 is 1.80 bits per heavy atom. The van der Waals surface area contributed by atoms with E-state index in [1.807, 2.05) is 31.2 Å². The second-order valence-corrected chi connectivity index (χ2v) is 16.2. The number of piperidine rings is 2. The molecule has 9 rings (SSSR count). The third-order valence-corrected chi connectivity index (χ3v) is 11.6. The zero-order chi connectivity index (χ0) is 41.6. The molecule has 3 saturated heterocycles. The van der Waals surface area contributed by atoms with Crippen molar-refractivity contribution in [1.82, 2.24) is 25.3 Å². The molecule has 3 aliphatic rings. The highest BCUT2D eigenvalue weighted by atomic mass is 16.6. The maximum absolute atomic E-state index is 12.2. The van der Waals surface area contributed by atoms with Crippen LogP contribution in [0.25, 0.3) is 44.6 Å². The molecule has 3 fully saturated rings. The summed E-state index contributed by atoms with van der Waals surface area (Å²) in [5.74, 6) is 4.00. The molecule has 0 aliphatic carbocycles. The van der Waals surface area contributed by atoms with Gasteiger partial charge in [-0.1, -0.05) is 36.4 Å². The number of rotatable bonds is 8. The maximum atomic E-state index is 12.2. The summed E-state index contributed by atoms with van der Waals surface area (Å²) in [6.07, 6.45) is 4.54. The van der Waals surface area contributed by atoms with Crippen LogP contribution in [0.2, 0.25) is 0 Å². The van der Waals surface area contributed by atoms with Gasteiger partial charge >= 0.3 is 6.09 Å². The Kier molecular flexibility index (Phi) is 12.5. The number of hydrogen-bond donors (Lipinski definition) is 4. The number of para-hydroxylation sites is 2. The molecule has 3 atom stereocenters. The number of aromatic nitrogens is 4. The Hall–Kier alpha value is -6.05. The molecule has 0 radical (unpaired) electrons. The molecule has 13 nitrogen and oxygen atoms in total. The van der Waals surface area contributed by atoms with E-state index in [-0.39, 0.29) is 29.6 Å². The minimum atomic E-state index is -0.377. The van der Waals surface area contributed by atoms with Gasteiger partial charge in [-0.05, 0) is 118 Å². The molecule has 312 valence electrons. The fourth-order valence-electron chi connectivity index (χ4n) is 8.39. The molecule has 0 saturated carbocycles. The Morgan fingerprint density at radius 1 is 0.750 bits per heavy atom. The van der Waals surface area contributed by atoms with Gasteiger partial charge in [-0.25, -0.2) is 24.7 Å². The number of carbonyl (C=O) groups is 1. The van der Waals surface area contributed by atoms with Crippen LogP contribution in [0.3, 0.4) is 0 Å². The summed E-state index contributed by atoms with van der Waals surface area (Å²) in [7, 11) is 0. The van der Waals surface area contributed by atoms with Crippen molar-refractivity contribution in [2.45, 2.75) is 52.1 Å². The van der Waals surface area contributed by atoms with Crippen LogP contribution in [0.1, 0.15) is 43.2 Å². The van der Waals surface area contributed by atoms with Gasteiger partial charge in [-0.2, -0.15) is 0 Å². The monoisotopic (exact) mass is 810 g/mol. The van der Waals surface area contributed by atoms with Crippen molar-refractivity contribution in [2.75, 3.05) is 62.3 Å². The number of fused-ring (bicyclic) bond motifs is 2. The number of carbonyl (C=O) groups excluding carboxylic acids is 1. The van der Waals surface area contributed by atoms with E-state index in [0.29, 0.717) is 55.0 Å². The lowest BCUT2D eigenvalue weighted by Gasteiger charge is -2.34. The summed E-state index contributed by atoms with van der Waals surface area (Å²) in [6.45, 7) is 10.0. The van der Waals surface area contributed by atoms with E-state index in [0.717, 1.165) is 96.4 Å². The normalized spacial score (nSPS) is 19.2. The molecule has 0 spiro atoms. The second-order valence-electron chi connectivity index (χ2n) is 16.2. The molecule has 1 amide bonds. The number of ether oxygens (including phenoxy) is 2. The smallest absolute Gasteiger partial charge is 0.407 e. The third kappa shape index (κ3) is 9.37. The summed E-state index contributed by atoms with van der Waals surface area (Å²) in [5, 5.41) is 25.6. The maximum Gasteiger partial charge on any atom is 0.407 e. The number of aromatic hydroxyl groups is 2. The fraction of sp³-hybridized carbons (Fsp3) is 0.383. The molecule has 2 aromatic heterocycles. The zero-order valence-electron chi connectivity index (χ0n) is 34.4. The average Bonchev–Trinajstić information content (AvgIpc) is 3.78. The fourth-order valence-corrected chi connectivity index (χ4v) is 8.39. The summed E-state index contributed by atoms with van der Waals surface area (Å²) in [5.41, 5.74) is 11.2. The number of hydrogen-bond acceptors (Lipinski definition) is 12. The molecule has 13 heteroatoms. The molecule has 0 unspecified atom stereocenters. The van der Waals surface area contributed by atoms with E-state index in [9.17, 15) is 15.0 Å². The van der Waals surface area contributed by atoms with Crippen molar-refractivity contribution in [3.63, 3.8) is 0 Å². The number of nitrogens with two attached hydrogens (primary N) is 1. The zero-order valence-corrected chi connectivity index (χ0v) is 34.4. The molecule has 5 N–H and O–H groups in total. The van der Waals surface area contributed by atoms with Gasteiger partial charge in [0.2, 0.25) is 0 Å². The van der Waals surface area contributed by atoms with Crippen LogP contribution in [0.15, 0.2) is 84.9 Å². The first kappa shape index (κ1) is 40.7. The minimum Gasteiger partial charge on any atom is -0.507 e. The number of amides is 1. The molecular formula is C47H54N8O5. The van der Waals surface area contributed by atoms with E-state index in [1.165, 1.54) is 6.42 Å². The minimum absolute atomic E-state index is 0.147. The number of phenols is 2. The van der Waals surface area contributed by atoms with Gasteiger partial charge in [-0.3, -0.25) is 0 Å². The van der Waals surface area contributed by atoms with E-state index in [2.05, 4.69) is 58.4 Å². The topological polar surface area (TPSA) is 172 Å².